The fourth-order valence-corrected chi connectivity index (χ4v) is 2.93. The summed E-state index contributed by atoms with van der Waals surface area (Å²) in [5.74, 6) is -1.26. The monoisotopic (exact) mass is 371 g/mol. The summed E-state index contributed by atoms with van der Waals surface area (Å²) in [5, 5.41) is 11.3. The van der Waals surface area contributed by atoms with Crippen LogP contribution in [0.2, 0.25) is 0 Å². The van der Waals surface area contributed by atoms with Crippen LogP contribution in [0.5, 0.6) is 0 Å². The summed E-state index contributed by atoms with van der Waals surface area (Å²) < 4.78 is 10.8. The van der Waals surface area contributed by atoms with Gasteiger partial charge < -0.3 is 19.9 Å². The highest BCUT2D eigenvalue weighted by atomic mass is 16.6. The van der Waals surface area contributed by atoms with E-state index in [0.29, 0.717) is 25.7 Å². The zero-order valence-corrected chi connectivity index (χ0v) is 16.2. The predicted octanol–water partition coefficient (Wildman–Crippen LogP) is 3.79. The SMILES string of the molecule is CC(C)(C)OC(=O)N[C@@H](CCCCCC(=O)O)C(=O)OC1CCCCC1. The number of hydrogen-bond donors (Lipinski definition) is 2. The number of carboxylic acids is 1. The van der Waals surface area contributed by atoms with Crippen LogP contribution in [0.4, 0.5) is 4.79 Å². The molecule has 0 spiro atoms. The van der Waals surface area contributed by atoms with Gasteiger partial charge in [-0.3, -0.25) is 4.79 Å². The molecule has 1 aliphatic carbocycles. The van der Waals surface area contributed by atoms with Crippen molar-refractivity contribution in [2.75, 3.05) is 0 Å². The molecule has 1 fully saturated rings. The van der Waals surface area contributed by atoms with Gasteiger partial charge in [0, 0.05) is 6.42 Å². The van der Waals surface area contributed by atoms with Crippen LogP contribution in [0.3, 0.4) is 0 Å². The lowest BCUT2D eigenvalue weighted by Gasteiger charge is -2.26. The average molecular weight is 371 g/mol. The molecule has 0 radical (unpaired) electrons. The number of carboxylic acid groups (broad SMARTS) is 1. The molecular weight excluding hydrogens is 338 g/mol. The van der Waals surface area contributed by atoms with Crippen molar-refractivity contribution in [2.45, 2.75) is 103 Å². The Labute approximate surface area is 155 Å². The fourth-order valence-electron chi connectivity index (χ4n) is 2.93. The maximum Gasteiger partial charge on any atom is 0.408 e. The molecule has 0 aliphatic heterocycles. The summed E-state index contributed by atoms with van der Waals surface area (Å²) >= 11 is 0. The second-order valence-electron chi connectivity index (χ2n) is 7.89. The van der Waals surface area contributed by atoms with Gasteiger partial charge in [-0.1, -0.05) is 19.3 Å². The Kier molecular flexibility index (Phi) is 9.44. The molecular formula is C19H33NO6. The standard InChI is InChI=1S/C19H33NO6/c1-19(2,3)26-18(24)20-15(12-8-5-9-13-16(21)22)17(23)25-14-10-6-4-7-11-14/h14-15H,4-13H2,1-3H3,(H,20,24)(H,21,22)/t15-/m0/s1. The molecule has 0 aromatic carbocycles. The Morgan fingerprint density at radius 3 is 2.31 bits per heavy atom. The van der Waals surface area contributed by atoms with Crippen LogP contribution in [-0.2, 0) is 19.1 Å². The number of ether oxygens (including phenoxy) is 2. The summed E-state index contributed by atoms with van der Waals surface area (Å²) in [6.45, 7) is 5.27. The van der Waals surface area contributed by atoms with E-state index >= 15 is 0 Å². The molecule has 150 valence electrons. The second-order valence-corrected chi connectivity index (χ2v) is 7.89. The van der Waals surface area contributed by atoms with Crippen LogP contribution in [0, 0.1) is 0 Å². The Morgan fingerprint density at radius 1 is 1.08 bits per heavy atom. The highest BCUT2D eigenvalue weighted by Gasteiger charge is 2.27. The molecule has 0 saturated heterocycles. The lowest BCUT2D eigenvalue weighted by molar-refractivity contribution is -0.153. The van der Waals surface area contributed by atoms with Gasteiger partial charge in [0.15, 0.2) is 0 Å². The van der Waals surface area contributed by atoms with Gasteiger partial charge in [0.2, 0.25) is 0 Å². The smallest absolute Gasteiger partial charge is 0.408 e. The number of nitrogens with one attached hydrogen (secondary N) is 1. The molecule has 0 bridgehead atoms. The molecule has 7 heteroatoms. The molecule has 1 saturated carbocycles. The number of aliphatic carboxylic acids is 1. The molecule has 1 atom stereocenters. The zero-order valence-electron chi connectivity index (χ0n) is 16.2. The molecule has 0 heterocycles. The second kappa shape index (κ2) is 11.0. The van der Waals surface area contributed by atoms with Crippen molar-refractivity contribution < 1.29 is 29.0 Å². The van der Waals surface area contributed by atoms with Crippen molar-refractivity contribution in [1.29, 1.82) is 0 Å². The number of rotatable bonds is 9. The molecule has 0 aromatic heterocycles. The van der Waals surface area contributed by atoms with Crippen molar-refractivity contribution in [3.63, 3.8) is 0 Å². The molecule has 1 aliphatic rings. The Balaban J connectivity index is 2.53. The first-order valence-corrected chi connectivity index (χ1v) is 9.59. The number of alkyl carbamates (subject to hydrolysis) is 1. The fraction of sp³-hybridized carbons (Fsp3) is 0.842. The van der Waals surface area contributed by atoms with Gasteiger partial charge in [-0.15, -0.1) is 0 Å². The summed E-state index contributed by atoms with van der Waals surface area (Å²) in [6.07, 6.45) is 6.65. The number of esters is 1. The molecule has 7 nitrogen and oxygen atoms in total. The van der Waals surface area contributed by atoms with Crippen molar-refractivity contribution in [3.8, 4) is 0 Å². The number of carbonyl (C=O) groups is 3. The quantitative estimate of drug-likeness (QED) is 0.472. The highest BCUT2D eigenvalue weighted by Crippen LogP contribution is 2.21. The van der Waals surface area contributed by atoms with Crippen LogP contribution in [-0.4, -0.2) is 40.9 Å². The van der Waals surface area contributed by atoms with Gasteiger partial charge in [0.1, 0.15) is 17.7 Å². The summed E-state index contributed by atoms with van der Waals surface area (Å²) in [5.41, 5.74) is -0.649. The Bertz CT molecular complexity index is 465. The number of hydrogen-bond acceptors (Lipinski definition) is 5. The number of amides is 1. The van der Waals surface area contributed by atoms with Crippen LogP contribution in [0.1, 0.15) is 85.0 Å². The summed E-state index contributed by atoms with van der Waals surface area (Å²) in [7, 11) is 0. The van der Waals surface area contributed by atoms with E-state index in [1.807, 2.05) is 0 Å². The van der Waals surface area contributed by atoms with Crippen LogP contribution < -0.4 is 5.32 Å². The molecule has 26 heavy (non-hydrogen) atoms. The molecule has 2 N–H and O–H groups in total. The Morgan fingerprint density at radius 2 is 1.73 bits per heavy atom. The topological polar surface area (TPSA) is 102 Å². The third kappa shape index (κ3) is 10.3. The van der Waals surface area contributed by atoms with Gasteiger partial charge in [-0.2, -0.15) is 0 Å². The van der Waals surface area contributed by atoms with Gasteiger partial charge in [-0.05, 0) is 59.3 Å². The zero-order chi connectivity index (χ0) is 19.6. The van der Waals surface area contributed by atoms with Crippen LogP contribution >= 0.6 is 0 Å². The largest absolute Gasteiger partial charge is 0.481 e. The van der Waals surface area contributed by atoms with Gasteiger partial charge in [0.05, 0.1) is 0 Å². The first kappa shape index (κ1) is 22.3. The maximum atomic E-state index is 12.5. The van der Waals surface area contributed by atoms with E-state index in [-0.39, 0.29) is 12.5 Å². The van der Waals surface area contributed by atoms with E-state index in [1.54, 1.807) is 20.8 Å². The normalized spacial score (nSPS) is 16.6. The van der Waals surface area contributed by atoms with Crippen molar-refractivity contribution in [1.82, 2.24) is 5.32 Å². The third-order valence-corrected chi connectivity index (χ3v) is 4.19. The minimum Gasteiger partial charge on any atom is -0.481 e. The first-order valence-electron chi connectivity index (χ1n) is 9.59. The van der Waals surface area contributed by atoms with E-state index in [9.17, 15) is 14.4 Å². The third-order valence-electron chi connectivity index (χ3n) is 4.19. The van der Waals surface area contributed by atoms with Crippen LogP contribution in [0.15, 0.2) is 0 Å². The lowest BCUT2D eigenvalue weighted by Crippen LogP contribution is -2.45. The van der Waals surface area contributed by atoms with Gasteiger partial charge in [-0.25, -0.2) is 9.59 Å². The van der Waals surface area contributed by atoms with E-state index in [2.05, 4.69) is 5.32 Å². The molecule has 0 unspecified atom stereocenters. The van der Waals surface area contributed by atoms with Crippen molar-refractivity contribution in [2.24, 2.45) is 0 Å². The van der Waals surface area contributed by atoms with Crippen LogP contribution in [0.25, 0.3) is 0 Å². The lowest BCUT2D eigenvalue weighted by atomic mass is 9.97. The summed E-state index contributed by atoms with van der Waals surface area (Å²) in [4.78, 5) is 35.1. The van der Waals surface area contributed by atoms with E-state index in [0.717, 1.165) is 32.1 Å². The minimum absolute atomic E-state index is 0.0776. The number of unbranched alkanes of at least 4 members (excludes halogenated alkanes) is 2. The first-order chi connectivity index (χ1) is 12.2. The maximum absolute atomic E-state index is 12.5. The van der Waals surface area contributed by atoms with Gasteiger partial charge in [0.25, 0.3) is 0 Å². The van der Waals surface area contributed by atoms with Crippen molar-refractivity contribution in [3.05, 3.63) is 0 Å². The van der Waals surface area contributed by atoms with Gasteiger partial charge >= 0.3 is 18.0 Å². The predicted molar refractivity (Wildman–Crippen MR) is 96.8 cm³/mol. The highest BCUT2D eigenvalue weighted by molar-refractivity contribution is 5.81. The molecule has 0 aromatic rings. The minimum atomic E-state index is -0.829. The van der Waals surface area contributed by atoms with E-state index < -0.39 is 29.7 Å². The Hall–Kier alpha value is -1.79. The summed E-state index contributed by atoms with van der Waals surface area (Å²) in [6, 6.07) is -0.767. The average Bonchev–Trinajstić information content (AvgIpc) is 2.52. The van der Waals surface area contributed by atoms with E-state index in [1.165, 1.54) is 0 Å². The van der Waals surface area contributed by atoms with Crippen molar-refractivity contribution >= 4 is 18.0 Å². The number of carbonyl (C=O) groups excluding carboxylic acids is 2. The van der Waals surface area contributed by atoms with E-state index in [4.69, 9.17) is 14.6 Å². The molecule has 1 rings (SSSR count). The molecule has 1 amide bonds.